The van der Waals surface area contributed by atoms with Crippen LogP contribution in [0.15, 0.2) is 48.6 Å². The zero-order chi connectivity index (χ0) is 59.1. The SMILES string of the molecule is CCCCCCC/C=C\C/C=C\CCCCCCCCCCCCCCCCCCCC(=O)NC(COP(=O)([O-])OCC[N+](C)(C)C)C(O)/C=C/CC/C=C/CCCCCCCCCCCCCCCCCCCCCCCCCC. The van der Waals surface area contributed by atoms with Crippen LogP contribution in [-0.2, 0) is 18.4 Å². The smallest absolute Gasteiger partial charge is 0.268 e. The van der Waals surface area contributed by atoms with Gasteiger partial charge in [-0.3, -0.25) is 9.36 Å². The molecule has 0 saturated heterocycles. The van der Waals surface area contributed by atoms with Crippen molar-refractivity contribution in [2.45, 2.75) is 366 Å². The lowest BCUT2D eigenvalue weighted by Gasteiger charge is -2.29. The largest absolute Gasteiger partial charge is 0.756 e. The molecule has 0 aliphatic carbocycles. The van der Waals surface area contributed by atoms with Crippen molar-refractivity contribution < 1.29 is 32.9 Å². The molecule has 0 rings (SSSR count). The van der Waals surface area contributed by atoms with Gasteiger partial charge in [0.15, 0.2) is 0 Å². The Morgan fingerprint density at radius 1 is 0.432 bits per heavy atom. The Morgan fingerprint density at radius 3 is 1.07 bits per heavy atom. The van der Waals surface area contributed by atoms with Gasteiger partial charge in [-0.1, -0.05) is 332 Å². The van der Waals surface area contributed by atoms with Crippen LogP contribution in [0.1, 0.15) is 354 Å². The summed E-state index contributed by atoms with van der Waals surface area (Å²) in [7, 11) is 1.26. The van der Waals surface area contributed by atoms with Crippen molar-refractivity contribution in [2.24, 2.45) is 0 Å². The van der Waals surface area contributed by atoms with Gasteiger partial charge in [0, 0.05) is 6.42 Å². The highest BCUT2D eigenvalue weighted by Crippen LogP contribution is 2.38. The molecule has 0 saturated carbocycles. The third-order valence-electron chi connectivity index (χ3n) is 16.3. The summed E-state index contributed by atoms with van der Waals surface area (Å²) < 4.78 is 23.4. The number of carbonyl (C=O) groups excluding carboxylic acids is 1. The number of phosphoric acid groups is 1. The molecule has 1 amide bonds. The predicted octanol–water partition coefficient (Wildman–Crippen LogP) is 22.0. The number of nitrogens with one attached hydrogen (secondary N) is 1. The van der Waals surface area contributed by atoms with Crippen molar-refractivity contribution in [3.05, 3.63) is 48.6 Å². The third kappa shape index (κ3) is 65.9. The zero-order valence-electron chi connectivity index (χ0n) is 54.8. The number of carbonyl (C=O) groups is 1. The van der Waals surface area contributed by atoms with Gasteiger partial charge < -0.3 is 28.8 Å². The molecule has 0 spiro atoms. The number of unbranched alkanes of at least 4 members (excludes halogenated alkanes) is 47. The normalized spacial score (nSPS) is 13.9. The maximum Gasteiger partial charge on any atom is 0.268 e. The van der Waals surface area contributed by atoms with Crippen LogP contribution in [-0.4, -0.2) is 68.5 Å². The van der Waals surface area contributed by atoms with Gasteiger partial charge in [0.1, 0.15) is 13.2 Å². The van der Waals surface area contributed by atoms with Gasteiger partial charge in [0.25, 0.3) is 7.82 Å². The minimum Gasteiger partial charge on any atom is -0.756 e. The summed E-state index contributed by atoms with van der Waals surface area (Å²) >= 11 is 0. The Balaban J connectivity index is 4.08. The molecule has 8 nitrogen and oxygen atoms in total. The van der Waals surface area contributed by atoms with Gasteiger partial charge >= 0.3 is 0 Å². The lowest BCUT2D eigenvalue weighted by atomic mass is 10.0. The molecule has 81 heavy (non-hydrogen) atoms. The molecule has 9 heteroatoms. The summed E-state index contributed by atoms with van der Waals surface area (Å²) in [6, 6.07) is -0.905. The van der Waals surface area contributed by atoms with E-state index in [9.17, 15) is 19.4 Å². The fraction of sp³-hybridized carbons (Fsp3) is 0.875. The molecule has 3 unspecified atom stereocenters. The summed E-state index contributed by atoms with van der Waals surface area (Å²) in [5, 5.41) is 14.0. The average molecular weight is 1160 g/mol. The van der Waals surface area contributed by atoms with E-state index in [0.717, 1.165) is 44.9 Å². The van der Waals surface area contributed by atoms with Crippen LogP contribution < -0.4 is 10.2 Å². The van der Waals surface area contributed by atoms with Gasteiger partial charge in [-0.15, -0.1) is 0 Å². The molecule has 478 valence electrons. The fourth-order valence-corrected chi connectivity index (χ4v) is 11.5. The lowest BCUT2D eigenvalue weighted by molar-refractivity contribution is -0.870. The highest BCUT2D eigenvalue weighted by atomic mass is 31.2. The van der Waals surface area contributed by atoms with Crippen LogP contribution in [0.4, 0.5) is 0 Å². The van der Waals surface area contributed by atoms with E-state index in [1.165, 1.54) is 289 Å². The number of phosphoric ester groups is 1. The molecule has 0 aliphatic rings. The molecule has 0 aromatic heterocycles. The standard InChI is InChI=1S/C72H139N2O6P/c1-6-8-10-12-14-16-18-20-22-24-26-28-30-32-34-36-38-39-41-43-45-47-49-51-53-55-57-59-61-63-65-71(75)70(69-80-81(77,78)79-68-67-74(3,4)5)73-72(76)66-64-62-60-58-56-54-52-50-48-46-44-42-40-37-35-33-31-29-27-25-23-21-19-17-15-13-11-9-7-2/h19,21,25,27,55,57,63,65,70-71,75H,6-18,20,22-24,26,28-54,56,58-62,64,66-69H2,1-5H3,(H-,73,76,77,78)/b21-19-,27-25-,57-55+,65-63+. The molecule has 0 bridgehead atoms. The molecular formula is C72H139N2O6P. The van der Waals surface area contributed by atoms with E-state index >= 15 is 0 Å². The van der Waals surface area contributed by atoms with E-state index in [4.69, 9.17) is 9.05 Å². The second-order valence-corrected chi connectivity index (χ2v) is 27.0. The van der Waals surface area contributed by atoms with E-state index in [-0.39, 0.29) is 12.5 Å². The lowest BCUT2D eigenvalue weighted by Crippen LogP contribution is -2.45. The molecular weight excluding hydrogens is 1020 g/mol. The van der Waals surface area contributed by atoms with Crippen LogP contribution in [0.2, 0.25) is 0 Å². The number of nitrogens with zero attached hydrogens (tertiary/aromatic N) is 1. The van der Waals surface area contributed by atoms with Crippen molar-refractivity contribution in [3.8, 4) is 0 Å². The van der Waals surface area contributed by atoms with Gasteiger partial charge in [-0.25, -0.2) is 0 Å². The second-order valence-electron chi connectivity index (χ2n) is 25.6. The van der Waals surface area contributed by atoms with Gasteiger partial charge in [-0.2, -0.15) is 0 Å². The summed E-state index contributed by atoms with van der Waals surface area (Å²) in [5.74, 6) is -0.202. The number of hydrogen-bond donors (Lipinski definition) is 2. The quantitative estimate of drug-likeness (QED) is 0.0272. The molecule has 0 aromatic rings. The first kappa shape index (κ1) is 79.5. The van der Waals surface area contributed by atoms with E-state index in [2.05, 4.69) is 55.6 Å². The van der Waals surface area contributed by atoms with Crippen LogP contribution in [0.25, 0.3) is 0 Å². The summed E-state index contributed by atoms with van der Waals surface area (Å²) in [6.45, 7) is 4.67. The molecule has 0 radical (unpaired) electrons. The fourth-order valence-electron chi connectivity index (χ4n) is 10.7. The molecule has 0 aromatic carbocycles. The van der Waals surface area contributed by atoms with E-state index < -0.39 is 26.6 Å². The molecule has 0 fully saturated rings. The van der Waals surface area contributed by atoms with Crippen molar-refractivity contribution in [2.75, 3.05) is 40.9 Å². The zero-order valence-corrected chi connectivity index (χ0v) is 55.6. The minimum absolute atomic E-state index is 0.00560. The maximum atomic E-state index is 13.0. The van der Waals surface area contributed by atoms with E-state index in [1.54, 1.807) is 6.08 Å². The second kappa shape index (κ2) is 63.0. The number of aliphatic hydroxyl groups excluding tert-OH is 1. The molecule has 3 atom stereocenters. The monoisotopic (exact) mass is 1160 g/mol. The van der Waals surface area contributed by atoms with Crippen molar-refractivity contribution >= 4 is 13.7 Å². The minimum atomic E-state index is -4.61. The topological polar surface area (TPSA) is 108 Å². The van der Waals surface area contributed by atoms with Gasteiger partial charge in [-0.05, 0) is 64.2 Å². The van der Waals surface area contributed by atoms with Crippen molar-refractivity contribution in [3.63, 3.8) is 0 Å². The number of rotatable bonds is 66. The van der Waals surface area contributed by atoms with Gasteiger partial charge in [0.2, 0.25) is 5.91 Å². The average Bonchev–Trinajstić information content (AvgIpc) is 3.43. The van der Waals surface area contributed by atoms with Crippen LogP contribution >= 0.6 is 7.82 Å². The van der Waals surface area contributed by atoms with E-state index in [1.807, 2.05) is 27.2 Å². The summed E-state index contributed by atoms with van der Waals surface area (Å²) in [6.07, 6.45) is 85.3. The van der Waals surface area contributed by atoms with Crippen molar-refractivity contribution in [1.82, 2.24) is 5.32 Å². The maximum absolute atomic E-state index is 13.0. The number of likely N-dealkylation sites (N-methyl/N-ethyl adjacent to an activating group) is 1. The Bertz CT molecular complexity index is 1460. The Morgan fingerprint density at radius 2 is 0.728 bits per heavy atom. The number of amides is 1. The Kier molecular flexibility index (Phi) is 61.8. The van der Waals surface area contributed by atoms with Crippen LogP contribution in [0.5, 0.6) is 0 Å². The third-order valence-corrected chi connectivity index (χ3v) is 17.2. The number of allylic oxidation sites excluding steroid dienone is 7. The first-order chi connectivity index (χ1) is 39.5. The highest BCUT2D eigenvalue weighted by molar-refractivity contribution is 7.45. The Hall–Kier alpha value is -1.54. The predicted molar refractivity (Wildman–Crippen MR) is 353 cm³/mol. The number of hydrogen-bond acceptors (Lipinski definition) is 6. The Labute approximate surface area is 505 Å². The molecule has 0 heterocycles. The molecule has 0 aliphatic heterocycles. The van der Waals surface area contributed by atoms with Crippen LogP contribution in [0.3, 0.4) is 0 Å². The number of quaternary nitrogens is 1. The summed E-state index contributed by atoms with van der Waals surface area (Å²) in [4.78, 5) is 25.6. The first-order valence-electron chi connectivity index (χ1n) is 35.5. The first-order valence-corrected chi connectivity index (χ1v) is 37.0. The van der Waals surface area contributed by atoms with Gasteiger partial charge in [0.05, 0.1) is 39.9 Å². The highest BCUT2D eigenvalue weighted by Gasteiger charge is 2.23. The van der Waals surface area contributed by atoms with Crippen molar-refractivity contribution in [1.29, 1.82) is 0 Å². The van der Waals surface area contributed by atoms with Crippen LogP contribution in [0, 0.1) is 0 Å². The van der Waals surface area contributed by atoms with E-state index in [0.29, 0.717) is 17.4 Å². The number of aliphatic hydroxyl groups is 1. The summed E-state index contributed by atoms with van der Waals surface area (Å²) in [5.41, 5.74) is 0. The molecule has 2 N–H and O–H groups in total.